The van der Waals surface area contributed by atoms with Crippen molar-refractivity contribution in [3.63, 3.8) is 0 Å². The summed E-state index contributed by atoms with van der Waals surface area (Å²) in [5.41, 5.74) is 0.356. The molecule has 2 aromatic carbocycles. The van der Waals surface area contributed by atoms with Gasteiger partial charge in [-0.1, -0.05) is 6.07 Å². The zero-order valence-corrected chi connectivity index (χ0v) is 11.8. The molecule has 0 fully saturated rings. The summed E-state index contributed by atoms with van der Waals surface area (Å²) in [5.74, 6) is -0.203. The highest BCUT2D eigenvalue weighted by Gasteiger charge is 2.16. The van der Waals surface area contributed by atoms with Crippen LogP contribution in [0, 0.1) is 15.9 Å². The number of nitro groups is 1. The molecule has 0 N–H and O–H groups in total. The second kappa shape index (κ2) is 6.41. The molecule has 110 valence electrons. The molecule has 7 heteroatoms. The van der Waals surface area contributed by atoms with Gasteiger partial charge in [-0.25, -0.2) is 4.39 Å². The van der Waals surface area contributed by atoms with Crippen LogP contribution in [-0.4, -0.2) is 12.0 Å². The molecule has 21 heavy (non-hydrogen) atoms. The second-order valence-corrected chi connectivity index (χ2v) is 4.36. The number of alkyl halides is 1. The lowest BCUT2D eigenvalue weighted by molar-refractivity contribution is -0.385. The van der Waals surface area contributed by atoms with Gasteiger partial charge in [0, 0.05) is 5.88 Å². The van der Waals surface area contributed by atoms with Gasteiger partial charge < -0.3 is 9.47 Å². The average Bonchev–Trinajstić information content (AvgIpc) is 2.49. The van der Waals surface area contributed by atoms with Crippen LogP contribution in [0.4, 0.5) is 10.1 Å². The van der Waals surface area contributed by atoms with E-state index >= 15 is 0 Å². The van der Waals surface area contributed by atoms with Gasteiger partial charge in [0.2, 0.25) is 0 Å². The third-order valence-electron chi connectivity index (χ3n) is 2.73. The monoisotopic (exact) mass is 311 g/mol. The van der Waals surface area contributed by atoms with E-state index in [1.165, 1.54) is 37.4 Å². The minimum Gasteiger partial charge on any atom is -0.490 e. The molecule has 0 aliphatic carbocycles. The Bertz CT molecular complexity index is 678. The minimum atomic E-state index is -0.599. The lowest BCUT2D eigenvalue weighted by Gasteiger charge is -2.09. The Morgan fingerprint density at radius 2 is 1.95 bits per heavy atom. The zero-order chi connectivity index (χ0) is 15.4. The lowest BCUT2D eigenvalue weighted by atomic mass is 10.2. The van der Waals surface area contributed by atoms with E-state index in [0.717, 1.165) is 0 Å². The third-order valence-corrected chi connectivity index (χ3v) is 3.03. The molecule has 0 bridgehead atoms. The maximum Gasteiger partial charge on any atom is 0.314 e. The summed E-state index contributed by atoms with van der Waals surface area (Å²) in [6.07, 6.45) is 0. The first-order chi connectivity index (χ1) is 10.0. The van der Waals surface area contributed by atoms with Crippen molar-refractivity contribution in [2.75, 3.05) is 7.11 Å². The first kappa shape index (κ1) is 15.1. The maximum absolute atomic E-state index is 13.8. The Labute approximate surface area is 125 Å². The van der Waals surface area contributed by atoms with Crippen LogP contribution >= 0.6 is 11.6 Å². The maximum atomic E-state index is 13.8. The van der Waals surface area contributed by atoms with Crippen LogP contribution in [-0.2, 0) is 5.88 Å². The third kappa shape index (κ3) is 3.41. The van der Waals surface area contributed by atoms with Crippen LogP contribution < -0.4 is 9.47 Å². The normalized spacial score (nSPS) is 10.2. The number of hydrogen-bond donors (Lipinski definition) is 0. The summed E-state index contributed by atoms with van der Waals surface area (Å²) in [4.78, 5) is 10.3. The van der Waals surface area contributed by atoms with Gasteiger partial charge in [0.1, 0.15) is 5.75 Å². The first-order valence-corrected chi connectivity index (χ1v) is 6.43. The molecule has 5 nitrogen and oxygen atoms in total. The van der Waals surface area contributed by atoms with Crippen molar-refractivity contribution in [3.8, 4) is 17.2 Å². The number of halogens is 2. The van der Waals surface area contributed by atoms with Crippen LogP contribution in [0.2, 0.25) is 0 Å². The van der Waals surface area contributed by atoms with Gasteiger partial charge in [0.25, 0.3) is 0 Å². The molecule has 0 amide bonds. The van der Waals surface area contributed by atoms with Gasteiger partial charge in [-0.3, -0.25) is 10.1 Å². The Morgan fingerprint density at radius 3 is 2.52 bits per heavy atom. The fourth-order valence-electron chi connectivity index (χ4n) is 1.71. The fraction of sp³-hybridized carbons (Fsp3) is 0.143. The van der Waals surface area contributed by atoms with E-state index in [1.807, 2.05) is 0 Å². The van der Waals surface area contributed by atoms with Crippen molar-refractivity contribution >= 4 is 17.3 Å². The number of methoxy groups -OCH3 is 1. The summed E-state index contributed by atoms with van der Waals surface area (Å²) in [5, 5.41) is 10.9. The van der Waals surface area contributed by atoms with E-state index in [9.17, 15) is 14.5 Å². The lowest BCUT2D eigenvalue weighted by Crippen LogP contribution is -1.95. The zero-order valence-electron chi connectivity index (χ0n) is 11.0. The molecule has 0 spiro atoms. The van der Waals surface area contributed by atoms with Crippen LogP contribution in [0.3, 0.4) is 0 Å². The number of rotatable bonds is 5. The predicted octanol–water partition coefficient (Wildman–Crippen LogP) is 4.27. The Kier molecular flexibility index (Phi) is 4.59. The average molecular weight is 312 g/mol. The molecule has 0 aliphatic heterocycles. The van der Waals surface area contributed by atoms with Gasteiger partial charge in [0.05, 0.1) is 18.1 Å². The topological polar surface area (TPSA) is 61.6 Å². The second-order valence-electron chi connectivity index (χ2n) is 4.09. The fourth-order valence-corrected chi connectivity index (χ4v) is 1.88. The summed E-state index contributed by atoms with van der Waals surface area (Å²) < 4.78 is 24.0. The molecule has 0 unspecified atom stereocenters. The Morgan fingerprint density at radius 1 is 1.24 bits per heavy atom. The predicted molar refractivity (Wildman–Crippen MR) is 75.7 cm³/mol. The standard InChI is InChI=1S/C14H11ClFNO4/c1-20-14-5-3-10(7-12(14)17(18)19)21-13-4-2-9(8-15)6-11(13)16/h2-7H,8H2,1H3. The van der Waals surface area contributed by atoms with Crippen molar-refractivity contribution in [1.82, 2.24) is 0 Å². The van der Waals surface area contributed by atoms with E-state index in [2.05, 4.69) is 0 Å². The van der Waals surface area contributed by atoms with Crippen molar-refractivity contribution in [1.29, 1.82) is 0 Å². The van der Waals surface area contributed by atoms with E-state index in [0.29, 0.717) is 5.56 Å². The summed E-state index contributed by atoms with van der Waals surface area (Å²) in [7, 11) is 1.33. The van der Waals surface area contributed by atoms with Gasteiger partial charge in [-0.05, 0) is 29.8 Å². The SMILES string of the molecule is COc1ccc(Oc2ccc(CCl)cc2F)cc1[N+](=O)[O-]. The minimum absolute atomic E-state index is 0.0386. The molecule has 0 saturated heterocycles. The Hall–Kier alpha value is -2.34. The van der Waals surface area contributed by atoms with E-state index in [-0.39, 0.29) is 28.8 Å². The van der Waals surface area contributed by atoms with Gasteiger partial charge in [0.15, 0.2) is 17.3 Å². The molecule has 2 aromatic rings. The molecule has 0 aliphatic rings. The summed E-state index contributed by atoms with van der Waals surface area (Å²) in [6.45, 7) is 0. The van der Waals surface area contributed by atoms with Crippen LogP contribution in [0.1, 0.15) is 5.56 Å². The number of hydrogen-bond acceptors (Lipinski definition) is 4. The van der Waals surface area contributed by atoms with Gasteiger partial charge in [-0.15, -0.1) is 11.6 Å². The van der Waals surface area contributed by atoms with Crippen molar-refractivity contribution in [2.24, 2.45) is 0 Å². The highest BCUT2D eigenvalue weighted by atomic mass is 35.5. The molecule has 0 radical (unpaired) electrons. The van der Waals surface area contributed by atoms with Crippen molar-refractivity contribution < 1.29 is 18.8 Å². The van der Waals surface area contributed by atoms with Crippen LogP contribution in [0.15, 0.2) is 36.4 Å². The quantitative estimate of drug-likeness (QED) is 0.470. The van der Waals surface area contributed by atoms with Crippen molar-refractivity contribution in [2.45, 2.75) is 5.88 Å². The smallest absolute Gasteiger partial charge is 0.314 e. The van der Waals surface area contributed by atoms with E-state index < -0.39 is 10.7 Å². The summed E-state index contributed by atoms with van der Waals surface area (Å²) >= 11 is 5.60. The van der Waals surface area contributed by atoms with Crippen LogP contribution in [0.25, 0.3) is 0 Å². The Balaban J connectivity index is 2.31. The molecule has 2 rings (SSSR count). The molecular formula is C14H11ClFNO4. The van der Waals surface area contributed by atoms with Gasteiger partial charge in [-0.2, -0.15) is 0 Å². The molecular weight excluding hydrogens is 301 g/mol. The highest BCUT2D eigenvalue weighted by molar-refractivity contribution is 6.17. The number of nitrogens with zero attached hydrogens (tertiary/aromatic N) is 1. The van der Waals surface area contributed by atoms with E-state index in [4.69, 9.17) is 21.1 Å². The van der Waals surface area contributed by atoms with E-state index in [1.54, 1.807) is 6.07 Å². The molecule has 0 heterocycles. The number of benzene rings is 2. The summed E-state index contributed by atoms with van der Waals surface area (Å²) in [6, 6.07) is 8.31. The number of ether oxygens (including phenoxy) is 2. The largest absolute Gasteiger partial charge is 0.490 e. The number of nitro benzene ring substituents is 1. The van der Waals surface area contributed by atoms with Crippen LogP contribution in [0.5, 0.6) is 17.2 Å². The van der Waals surface area contributed by atoms with Gasteiger partial charge >= 0.3 is 5.69 Å². The molecule has 0 saturated carbocycles. The highest BCUT2D eigenvalue weighted by Crippen LogP contribution is 2.33. The van der Waals surface area contributed by atoms with Crippen molar-refractivity contribution in [3.05, 3.63) is 57.9 Å². The first-order valence-electron chi connectivity index (χ1n) is 5.90. The molecule has 0 atom stereocenters. The molecule has 0 aromatic heterocycles.